The van der Waals surface area contributed by atoms with Crippen LogP contribution in [0.25, 0.3) is 0 Å². The molecule has 2 nitrogen and oxygen atoms in total. The van der Waals surface area contributed by atoms with E-state index < -0.39 is 0 Å². The van der Waals surface area contributed by atoms with Gasteiger partial charge in [0.2, 0.25) is 0 Å². The molecule has 1 saturated heterocycles. The van der Waals surface area contributed by atoms with Crippen LogP contribution in [0.4, 0.5) is 0 Å². The van der Waals surface area contributed by atoms with E-state index in [1.807, 2.05) is 0 Å². The van der Waals surface area contributed by atoms with Gasteiger partial charge < -0.3 is 5.73 Å². The second kappa shape index (κ2) is 6.60. The molecule has 4 heteroatoms. The van der Waals surface area contributed by atoms with Gasteiger partial charge in [0.1, 0.15) is 0 Å². The highest BCUT2D eigenvalue weighted by atomic mass is 79.9. The summed E-state index contributed by atoms with van der Waals surface area (Å²) in [6, 6.07) is 9.10. The molecule has 0 saturated carbocycles. The Kier molecular flexibility index (Phi) is 5.76. The third-order valence-electron chi connectivity index (χ3n) is 3.05. The third kappa shape index (κ3) is 3.45. The Hall–Kier alpha value is -0.0900. The van der Waals surface area contributed by atoms with Crippen LogP contribution >= 0.6 is 28.3 Å². The highest BCUT2D eigenvalue weighted by Gasteiger charge is 2.22. The zero-order valence-electron chi connectivity index (χ0n) is 9.23. The summed E-state index contributed by atoms with van der Waals surface area (Å²) in [7, 11) is 0. The predicted molar refractivity (Wildman–Crippen MR) is 73.9 cm³/mol. The summed E-state index contributed by atoms with van der Waals surface area (Å²) in [4.78, 5) is 2.49. The van der Waals surface area contributed by atoms with Crippen LogP contribution in [0.15, 0.2) is 28.7 Å². The number of nitrogens with zero attached hydrogens (tertiary/aromatic N) is 1. The van der Waals surface area contributed by atoms with Gasteiger partial charge in [-0.2, -0.15) is 0 Å². The molecule has 1 aromatic rings. The Morgan fingerprint density at radius 3 is 2.94 bits per heavy atom. The van der Waals surface area contributed by atoms with E-state index in [9.17, 15) is 0 Å². The normalized spacial score (nSPS) is 20.8. The van der Waals surface area contributed by atoms with Gasteiger partial charge in [-0.05, 0) is 37.1 Å². The summed E-state index contributed by atoms with van der Waals surface area (Å²) < 4.78 is 1.16. The van der Waals surface area contributed by atoms with Crippen molar-refractivity contribution >= 4 is 28.3 Å². The van der Waals surface area contributed by atoms with Crippen molar-refractivity contribution in [1.29, 1.82) is 0 Å². The highest BCUT2D eigenvalue weighted by molar-refractivity contribution is 9.10. The molecule has 0 aromatic heterocycles. The van der Waals surface area contributed by atoms with Gasteiger partial charge in [0, 0.05) is 23.6 Å². The number of benzene rings is 1. The monoisotopic (exact) mass is 304 g/mol. The van der Waals surface area contributed by atoms with E-state index in [1.54, 1.807) is 0 Å². The smallest absolute Gasteiger partial charge is 0.0237 e. The molecule has 90 valence electrons. The minimum Gasteiger partial charge on any atom is -0.329 e. The van der Waals surface area contributed by atoms with Gasteiger partial charge in [-0.15, -0.1) is 12.4 Å². The number of rotatable bonds is 3. The van der Waals surface area contributed by atoms with E-state index in [2.05, 4.69) is 45.1 Å². The van der Waals surface area contributed by atoms with Crippen molar-refractivity contribution in [1.82, 2.24) is 4.90 Å². The molecule has 2 N–H and O–H groups in total. The van der Waals surface area contributed by atoms with Gasteiger partial charge in [0.05, 0.1) is 0 Å². The van der Waals surface area contributed by atoms with Crippen LogP contribution in [0, 0.1) is 0 Å². The van der Waals surface area contributed by atoms with Crippen LogP contribution in [-0.4, -0.2) is 24.0 Å². The molecular formula is C12H18BrClN2. The maximum absolute atomic E-state index is 5.76. The van der Waals surface area contributed by atoms with E-state index in [-0.39, 0.29) is 12.4 Å². The molecule has 0 radical (unpaired) electrons. The van der Waals surface area contributed by atoms with Crippen LogP contribution in [0.5, 0.6) is 0 Å². The van der Waals surface area contributed by atoms with Crippen molar-refractivity contribution in [3.8, 4) is 0 Å². The zero-order valence-corrected chi connectivity index (χ0v) is 11.6. The van der Waals surface area contributed by atoms with Gasteiger partial charge in [-0.3, -0.25) is 4.90 Å². The molecule has 1 heterocycles. The highest BCUT2D eigenvalue weighted by Crippen LogP contribution is 2.20. The molecule has 1 aliphatic heterocycles. The maximum Gasteiger partial charge on any atom is 0.0237 e. The average molecular weight is 306 g/mol. The molecule has 1 fully saturated rings. The molecular weight excluding hydrogens is 288 g/mol. The lowest BCUT2D eigenvalue weighted by Gasteiger charge is -2.23. The zero-order chi connectivity index (χ0) is 10.7. The maximum atomic E-state index is 5.76. The molecule has 0 spiro atoms. The molecule has 0 aliphatic carbocycles. The van der Waals surface area contributed by atoms with E-state index in [1.165, 1.54) is 24.9 Å². The lowest BCUT2D eigenvalue weighted by atomic mass is 10.2. The van der Waals surface area contributed by atoms with Crippen LogP contribution in [-0.2, 0) is 6.54 Å². The van der Waals surface area contributed by atoms with Crippen LogP contribution in [0.2, 0.25) is 0 Å². The summed E-state index contributed by atoms with van der Waals surface area (Å²) >= 11 is 3.50. The Morgan fingerprint density at radius 2 is 2.25 bits per heavy atom. The minimum atomic E-state index is 0. The third-order valence-corrected chi connectivity index (χ3v) is 3.54. The van der Waals surface area contributed by atoms with Crippen molar-refractivity contribution < 1.29 is 0 Å². The molecule has 1 unspecified atom stereocenters. The summed E-state index contributed by atoms with van der Waals surface area (Å²) in [5, 5.41) is 0. The lowest BCUT2D eigenvalue weighted by Crippen LogP contribution is -2.34. The average Bonchev–Trinajstić information content (AvgIpc) is 2.65. The lowest BCUT2D eigenvalue weighted by molar-refractivity contribution is 0.250. The Morgan fingerprint density at radius 1 is 1.44 bits per heavy atom. The molecule has 2 rings (SSSR count). The Balaban J connectivity index is 0.00000128. The van der Waals surface area contributed by atoms with Gasteiger partial charge in [-0.1, -0.05) is 28.1 Å². The largest absolute Gasteiger partial charge is 0.329 e. The first-order valence-electron chi connectivity index (χ1n) is 5.48. The number of hydrogen-bond donors (Lipinski definition) is 1. The number of nitrogens with two attached hydrogens (primary N) is 1. The van der Waals surface area contributed by atoms with E-state index in [4.69, 9.17) is 5.73 Å². The van der Waals surface area contributed by atoms with Gasteiger partial charge in [0.25, 0.3) is 0 Å². The van der Waals surface area contributed by atoms with Gasteiger partial charge in [-0.25, -0.2) is 0 Å². The molecule has 16 heavy (non-hydrogen) atoms. The van der Waals surface area contributed by atoms with Crippen LogP contribution in [0.3, 0.4) is 0 Å². The topological polar surface area (TPSA) is 29.3 Å². The first kappa shape index (κ1) is 14.0. The van der Waals surface area contributed by atoms with Crippen molar-refractivity contribution in [3.05, 3.63) is 34.3 Å². The summed E-state index contributed by atoms with van der Waals surface area (Å²) in [5.74, 6) is 0. The standard InChI is InChI=1S/C12H17BrN2.ClH/c13-11-4-1-3-10(7-11)9-15-6-2-5-12(15)8-14;/h1,3-4,7,12H,2,5-6,8-9,14H2;1H. The molecule has 1 atom stereocenters. The molecule has 0 bridgehead atoms. The van der Waals surface area contributed by atoms with Crippen LogP contribution < -0.4 is 5.73 Å². The first-order chi connectivity index (χ1) is 7.29. The van der Waals surface area contributed by atoms with Crippen LogP contribution in [0.1, 0.15) is 18.4 Å². The molecule has 1 aliphatic rings. The fourth-order valence-corrected chi connectivity index (χ4v) is 2.69. The van der Waals surface area contributed by atoms with Crippen molar-refractivity contribution in [2.45, 2.75) is 25.4 Å². The fourth-order valence-electron chi connectivity index (χ4n) is 2.24. The number of likely N-dealkylation sites (tertiary alicyclic amines) is 1. The van der Waals surface area contributed by atoms with Crippen molar-refractivity contribution in [3.63, 3.8) is 0 Å². The summed E-state index contributed by atoms with van der Waals surface area (Å²) in [5.41, 5.74) is 7.12. The number of halogens is 2. The fraction of sp³-hybridized carbons (Fsp3) is 0.500. The summed E-state index contributed by atoms with van der Waals surface area (Å²) in [6.07, 6.45) is 2.54. The minimum absolute atomic E-state index is 0. The molecule has 1 aromatic carbocycles. The van der Waals surface area contributed by atoms with E-state index >= 15 is 0 Å². The SMILES string of the molecule is Cl.NCC1CCCN1Cc1cccc(Br)c1. The van der Waals surface area contributed by atoms with Gasteiger partial charge in [0.15, 0.2) is 0 Å². The predicted octanol–water partition coefficient (Wildman–Crippen LogP) is 2.79. The second-order valence-corrected chi connectivity index (χ2v) is 5.05. The van der Waals surface area contributed by atoms with E-state index in [0.29, 0.717) is 6.04 Å². The summed E-state index contributed by atoms with van der Waals surface area (Å²) in [6.45, 7) is 3.00. The number of hydrogen-bond acceptors (Lipinski definition) is 2. The first-order valence-corrected chi connectivity index (χ1v) is 6.27. The Bertz CT molecular complexity index is 333. The Labute approximate surface area is 112 Å². The van der Waals surface area contributed by atoms with Gasteiger partial charge >= 0.3 is 0 Å². The van der Waals surface area contributed by atoms with E-state index in [0.717, 1.165) is 17.6 Å². The molecule has 0 amide bonds. The van der Waals surface area contributed by atoms with Crippen molar-refractivity contribution in [2.24, 2.45) is 5.73 Å². The quantitative estimate of drug-likeness (QED) is 0.930. The van der Waals surface area contributed by atoms with Crippen molar-refractivity contribution in [2.75, 3.05) is 13.1 Å². The second-order valence-electron chi connectivity index (χ2n) is 4.13.